The molecule has 0 aromatic heterocycles. The largest absolute Gasteiger partial charge is 0.490 e. The fourth-order valence-electron chi connectivity index (χ4n) is 3.02. The van der Waals surface area contributed by atoms with E-state index in [0.717, 1.165) is 5.56 Å². The van der Waals surface area contributed by atoms with E-state index in [1.807, 2.05) is 19.1 Å². The van der Waals surface area contributed by atoms with Gasteiger partial charge in [-0.2, -0.15) is 5.10 Å². The smallest absolute Gasteiger partial charge is 0.245 e. The van der Waals surface area contributed by atoms with Gasteiger partial charge in [-0.05, 0) is 59.6 Å². The Hall–Kier alpha value is -1.84. The molecule has 1 aliphatic rings. The highest BCUT2D eigenvalue weighted by atomic mass is 79.9. The summed E-state index contributed by atoms with van der Waals surface area (Å²) in [5.41, 5.74) is 3.98. The van der Waals surface area contributed by atoms with E-state index in [9.17, 15) is 4.79 Å². The minimum Gasteiger partial charge on any atom is -0.490 e. The number of ether oxygens (including phenoxy) is 4. The van der Waals surface area contributed by atoms with Gasteiger partial charge in [-0.15, -0.1) is 0 Å². The van der Waals surface area contributed by atoms with Crippen LogP contribution in [0.3, 0.4) is 0 Å². The van der Waals surface area contributed by atoms with Gasteiger partial charge in [0.2, 0.25) is 5.91 Å². The Morgan fingerprint density at radius 1 is 1.25 bits per heavy atom. The molecule has 2 aromatic carbocycles. The van der Waals surface area contributed by atoms with E-state index in [1.165, 1.54) is 6.21 Å². The predicted octanol–water partition coefficient (Wildman–Crippen LogP) is 5.34. The van der Waals surface area contributed by atoms with Crippen LogP contribution >= 0.6 is 39.1 Å². The molecule has 0 aliphatic carbocycles. The van der Waals surface area contributed by atoms with Crippen LogP contribution < -0.4 is 14.9 Å². The summed E-state index contributed by atoms with van der Waals surface area (Å²) >= 11 is 15.7. The molecule has 10 heteroatoms. The Morgan fingerprint density at radius 3 is 2.69 bits per heavy atom. The van der Waals surface area contributed by atoms with Gasteiger partial charge in [0.05, 0.1) is 36.9 Å². The van der Waals surface area contributed by atoms with Crippen LogP contribution in [-0.4, -0.2) is 37.7 Å². The number of nitrogens with one attached hydrogen (secondary N) is 1. The quantitative estimate of drug-likeness (QED) is 0.340. The Morgan fingerprint density at radius 2 is 2.00 bits per heavy atom. The monoisotopic (exact) mass is 544 g/mol. The van der Waals surface area contributed by atoms with E-state index in [-0.39, 0.29) is 18.9 Å². The second-order valence-corrected chi connectivity index (χ2v) is 8.79. The summed E-state index contributed by atoms with van der Waals surface area (Å²) < 4.78 is 23.2. The van der Waals surface area contributed by atoms with Crippen LogP contribution in [0.25, 0.3) is 0 Å². The number of hydrogen-bond acceptors (Lipinski definition) is 6. The van der Waals surface area contributed by atoms with Gasteiger partial charge in [0.15, 0.2) is 17.3 Å². The molecule has 0 unspecified atom stereocenters. The van der Waals surface area contributed by atoms with Gasteiger partial charge >= 0.3 is 0 Å². The molecule has 3 rings (SSSR count). The molecule has 0 spiro atoms. The third-order valence-electron chi connectivity index (χ3n) is 4.50. The van der Waals surface area contributed by atoms with Gasteiger partial charge < -0.3 is 18.9 Å². The van der Waals surface area contributed by atoms with E-state index in [1.54, 1.807) is 25.1 Å². The first-order chi connectivity index (χ1) is 15.3. The first-order valence-corrected chi connectivity index (χ1v) is 11.5. The van der Waals surface area contributed by atoms with Crippen molar-refractivity contribution in [2.45, 2.75) is 32.7 Å². The fourth-order valence-corrected chi connectivity index (χ4v) is 4.06. The molecule has 1 saturated heterocycles. The van der Waals surface area contributed by atoms with Gasteiger partial charge in [-0.3, -0.25) is 4.79 Å². The molecule has 0 bridgehead atoms. The number of halogens is 3. The molecule has 1 fully saturated rings. The van der Waals surface area contributed by atoms with Crippen molar-refractivity contribution >= 4 is 51.3 Å². The summed E-state index contributed by atoms with van der Waals surface area (Å²) in [5, 5.41) is 5.10. The van der Waals surface area contributed by atoms with Crippen LogP contribution in [0.4, 0.5) is 0 Å². The zero-order valence-electron chi connectivity index (χ0n) is 17.6. The lowest BCUT2D eigenvalue weighted by Gasteiger charge is -2.20. The molecule has 0 saturated carbocycles. The van der Waals surface area contributed by atoms with E-state index in [0.29, 0.717) is 51.4 Å². The van der Waals surface area contributed by atoms with Crippen LogP contribution in [0.1, 0.15) is 31.4 Å². The highest BCUT2D eigenvalue weighted by Crippen LogP contribution is 2.37. The lowest BCUT2D eigenvalue weighted by atomic mass is 10.2. The molecule has 2 aromatic rings. The maximum atomic E-state index is 12.1. The van der Waals surface area contributed by atoms with Gasteiger partial charge in [0.1, 0.15) is 6.61 Å². The van der Waals surface area contributed by atoms with Gasteiger partial charge in [0.25, 0.3) is 0 Å². The summed E-state index contributed by atoms with van der Waals surface area (Å²) in [4.78, 5) is 12.1. The first-order valence-electron chi connectivity index (χ1n) is 9.92. The molecule has 1 heterocycles. The van der Waals surface area contributed by atoms with Crippen LogP contribution in [0, 0.1) is 0 Å². The molecule has 7 nitrogen and oxygen atoms in total. The molecule has 1 aliphatic heterocycles. The summed E-state index contributed by atoms with van der Waals surface area (Å²) in [6.07, 6.45) is 1.57. The van der Waals surface area contributed by atoms with Crippen molar-refractivity contribution in [3.8, 4) is 11.5 Å². The third kappa shape index (κ3) is 6.83. The third-order valence-corrected chi connectivity index (χ3v) is 5.68. The van der Waals surface area contributed by atoms with E-state index >= 15 is 0 Å². The average molecular weight is 546 g/mol. The second kappa shape index (κ2) is 11.3. The van der Waals surface area contributed by atoms with Crippen LogP contribution in [0.15, 0.2) is 39.9 Å². The zero-order valence-corrected chi connectivity index (χ0v) is 20.7. The topological polar surface area (TPSA) is 78.4 Å². The molecule has 0 atom stereocenters. The van der Waals surface area contributed by atoms with E-state index in [2.05, 4.69) is 26.5 Å². The standard InChI is InChI=1S/C22H23BrCl2N2O5/c1-3-29-19-9-14(12-26-27-20(28)11-22(2)31-6-7-32-22)8-17(23)21(19)30-13-15-4-5-16(24)10-18(15)25/h4-5,8-10,12H,3,6-7,11,13H2,1-2H3,(H,27,28)/b26-12+. The molecular weight excluding hydrogens is 523 g/mol. The van der Waals surface area contributed by atoms with Crippen LogP contribution in [0.5, 0.6) is 11.5 Å². The second-order valence-electron chi connectivity index (χ2n) is 7.09. The normalized spacial score (nSPS) is 15.2. The zero-order chi connectivity index (χ0) is 23.1. The van der Waals surface area contributed by atoms with Crippen LogP contribution in [-0.2, 0) is 20.9 Å². The number of amides is 1. The number of carbonyl (C=O) groups excluding carboxylic acids is 1. The number of carbonyl (C=O) groups is 1. The summed E-state index contributed by atoms with van der Waals surface area (Å²) in [5.74, 6) is -0.159. The van der Waals surface area contributed by atoms with Crippen molar-refractivity contribution in [3.63, 3.8) is 0 Å². The SMILES string of the molecule is CCOc1cc(/C=N/NC(=O)CC2(C)OCCO2)cc(Br)c1OCc1ccc(Cl)cc1Cl. The van der Waals surface area contributed by atoms with Gasteiger partial charge in [-0.1, -0.05) is 29.3 Å². The number of hydrazone groups is 1. The molecular formula is C22H23BrCl2N2O5. The van der Waals surface area contributed by atoms with Crippen molar-refractivity contribution in [1.82, 2.24) is 5.43 Å². The fraction of sp³-hybridized carbons (Fsp3) is 0.364. The summed E-state index contributed by atoms with van der Waals surface area (Å²) in [6, 6.07) is 8.81. The lowest BCUT2D eigenvalue weighted by Crippen LogP contribution is -2.33. The van der Waals surface area contributed by atoms with Crippen LogP contribution in [0.2, 0.25) is 10.0 Å². The highest BCUT2D eigenvalue weighted by Gasteiger charge is 2.33. The van der Waals surface area contributed by atoms with Crippen molar-refractivity contribution < 1.29 is 23.7 Å². The Labute approximate surface area is 205 Å². The van der Waals surface area contributed by atoms with Gasteiger partial charge in [-0.25, -0.2) is 5.43 Å². The lowest BCUT2D eigenvalue weighted by molar-refractivity contribution is -0.159. The Bertz CT molecular complexity index is 997. The number of hydrogen-bond donors (Lipinski definition) is 1. The molecule has 0 radical (unpaired) electrons. The van der Waals surface area contributed by atoms with Crippen molar-refractivity contribution in [2.24, 2.45) is 5.10 Å². The Kier molecular flexibility index (Phi) is 8.79. The molecule has 172 valence electrons. The Balaban J connectivity index is 1.67. The van der Waals surface area contributed by atoms with Gasteiger partial charge in [0, 0.05) is 15.6 Å². The van der Waals surface area contributed by atoms with E-state index < -0.39 is 5.79 Å². The average Bonchev–Trinajstić information content (AvgIpc) is 3.14. The highest BCUT2D eigenvalue weighted by molar-refractivity contribution is 9.10. The minimum absolute atomic E-state index is 0.0538. The molecule has 1 amide bonds. The van der Waals surface area contributed by atoms with Crippen molar-refractivity contribution in [1.29, 1.82) is 0 Å². The minimum atomic E-state index is -0.906. The molecule has 1 N–H and O–H groups in total. The number of rotatable bonds is 9. The maximum Gasteiger partial charge on any atom is 0.245 e. The van der Waals surface area contributed by atoms with Crippen molar-refractivity contribution in [2.75, 3.05) is 19.8 Å². The van der Waals surface area contributed by atoms with Crippen molar-refractivity contribution in [3.05, 3.63) is 56.0 Å². The predicted molar refractivity (Wildman–Crippen MR) is 127 cm³/mol. The first kappa shape index (κ1) is 24.8. The van der Waals surface area contributed by atoms with E-state index in [4.69, 9.17) is 42.1 Å². The number of nitrogens with zero attached hydrogens (tertiary/aromatic N) is 1. The summed E-state index contributed by atoms with van der Waals surface area (Å²) in [6.45, 7) is 5.23. The number of benzene rings is 2. The summed E-state index contributed by atoms with van der Waals surface area (Å²) in [7, 11) is 0. The maximum absolute atomic E-state index is 12.1. The molecule has 32 heavy (non-hydrogen) atoms.